The number of thiazole rings is 1. The minimum absolute atomic E-state index is 0.326. The van der Waals surface area contributed by atoms with Crippen LogP contribution in [0.1, 0.15) is 27.6 Å². The lowest BCUT2D eigenvalue weighted by atomic mass is 10.1. The Bertz CT molecular complexity index is 959. The van der Waals surface area contributed by atoms with Gasteiger partial charge in [-0.2, -0.15) is 0 Å². The van der Waals surface area contributed by atoms with Crippen molar-refractivity contribution in [2.75, 3.05) is 5.32 Å². The maximum atomic E-state index is 12.5. The van der Waals surface area contributed by atoms with E-state index >= 15 is 0 Å². The van der Waals surface area contributed by atoms with Gasteiger partial charge in [0.2, 0.25) is 5.91 Å². The van der Waals surface area contributed by atoms with Crippen LogP contribution in [0.3, 0.4) is 0 Å². The molecule has 0 aliphatic carbocycles. The van der Waals surface area contributed by atoms with Gasteiger partial charge in [0.1, 0.15) is 6.04 Å². The van der Waals surface area contributed by atoms with Crippen LogP contribution in [-0.4, -0.2) is 33.6 Å². The predicted octanol–water partition coefficient (Wildman–Crippen LogP) is 2.92. The summed E-state index contributed by atoms with van der Waals surface area (Å²) in [6.45, 7) is 1.53. The first-order valence-corrected chi connectivity index (χ1v) is 8.51. The van der Waals surface area contributed by atoms with Gasteiger partial charge in [-0.15, -0.1) is 0 Å². The maximum absolute atomic E-state index is 12.5. The molecule has 3 aromatic rings. The number of carbonyl (C=O) groups excluding carboxylic acids is 3. The van der Waals surface area contributed by atoms with Crippen molar-refractivity contribution in [3.05, 3.63) is 59.7 Å². The molecule has 0 radical (unpaired) electrons. The fraction of sp³-hybridized carbons (Fsp3) is 0.111. The fourth-order valence-corrected chi connectivity index (χ4v) is 3.68. The summed E-state index contributed by atoms with van der Waals surface area (Å²) < 4.78 is 0.950. The largest absolute Gasteiger partial charge is 0.300 e. The smallest absolute Gasteiger partial charge is 0.262 e. The van der Waals surface area contributed by atoms with E-state index in [2.05, 4.69) is 10.3 Å². The number of carbonyl (C=O) groups is 3. The Morgan fingerprint density at radius 1 is 1.04 bits per heavy atom. The Morgan fingerprint density at radius 3 is 2.28 bits per heavy atom. The quantitative estimate of drug-likeness (QED) is 0.736. The Labute approximate surface area is 147 Å². The maximum Gasteiger partial charge on any atom is 0.262 e. The van der Waals surface area contributed by atoms with Crippen molar-refractivity contribution in [3.8, 4) is 0 Å². The molecule has 124 valence electrons. The lowest BCUT2D eigenvalue weighted by Gasteiger charge is -2.21. The minimum Gasteiger partial charge on any atom is -0.300 e. The molecule has 1 aliphatic heterocycles. The molecule has 4 rings (SSSR count). The molecule has 1 N–H and O–H groups in total. The van der Waals surface area contributed by atoms with Gasteiger partial charge in [0, 0.05) is 0 Å². The molecule has 6 nitrogen and oxygen atoms in total. The van der Waals surface area contributed by atoms with Gasteiger partial charge in [-0.25, -0.2) is 4.98 Å². The molecule has 25 heavy (non-hydrogen) atoms. The van der Waals surface area contributed by atoms with Gasteiger partial charge in [-0.05, 0) is 31.2 Å². The number of hydrogen-bond donors (Lipinski definition) is 1. The normalized spacial score (nSPS) is 14.7. The third-order valence-corrected chi connectivity index (χ3v) is 5.07. The Kier molecular flexibility index (Phi) is 3.58. The monoisotopic (exact) mass is 351 g/mol. The van der Waals surface area contributed by atoms with Crippen LogP contribution < -0.4 is 5.32 Å². The van der Waals surface area contributed by atoms with Crippen LogP contribution in [-0.2, 0) is 4.79 Å². The van der Waals surface area contributed by atoms with Gasteiger partial charge in [0.15, 0.2) is 5.13 Å². The van der Waals surface area contributed by atoms with E-state index in [1.165, 1.54) is 18.3 Å². The van der Waals surface area contributed by atoms with E-state index in [0.717, 1.165) is 15.1 Å². The number of amides is 3. The average Bonchev–Trinajstić information content (AvgIpc) is 3.13. The first-order chi connectivity index (χ1) is 12.1. The number of nitrogens with zero attached hydrogens (tertiary/aromatic N) is 2. The molecule has 7 heteroatoms. The van der Waals surface area contributed by atoms with Crippen LogP contribution in [0.15, 0.2) is 48.5 Å². The van der Waals surface area contributed by atoms with Crippen molar-refractivity contribution in [1.82, 2.24) is 9.88 Å². The molecule has 0 saturated carbocycles. The van der Waals surface area contributed by atoms with Crippen LogP contribution in [0.4, 0.5) is 5.13 Å². The topological polar surface area (TPSA) is 79.4 Å². The Hall–Kier alpha value is -3.06. The highest BCUT2D eigenvalue weighted by Crippen LogP contribution is 2.27. The summed E-state index contributed by atoms with van der Waals surface area (Å²) in [7, 11) is 0. The van der Waals surface area contributed by atoms with Crippen molar-refractivity contribution in [2.24, 2.45) is 0 Å². The highest BCUT2D eigenvalue weighted by Gasteiger charge is 2.40. The highest BCUT2D eigenvalue weighted by atomic mass is 32.1. The number of hydrogen-bond acceptors (Lipinski definition) is 5. The number of aromatic nitrogens is 1. The zero-order chi connectivity index (χ0) is 17.6. The number of benzene rings is 2. The molecule has 0 saturated heterocycles. The molecule has 1 atom stereocenters. The molecule has 1 aliphatic rings. The number of anilines is 1. The summed E-state index contributed by atoms with van der Waals surface area (Å²) in [5, 5.41) is 3.14. The third kappa shape index (κ3) is 2.49. The van der Waals surface area contributed by atoms with E-state index in [1.54, 1.807) is 24.3 Å². The first-order valence-electron chi connectivity index (χ1n) is 7.69. The SMILES string of the molecule is C[C@H](C(=O)Nc1nc2ccccc2s1)N1C(=O)c2ccccc2C1=O. The summed E-state index contributed by atoms with van der Waals surface area (Å²) in [5.41, 5.74) is 1.44. The van der Waals surface area contributed by atoms with Crippen LogP contribution in [0, 0.1) is 0 Å². The van der Waals surface area contributed by atoms with Crippen LogP contribution in [0.5, 0.6) is 0 Å². The lowest BCUT2D eigenvalue weighted by Crippen LogP contribution is -2.45. The van der Waals surface area contributed by atoms with Crippen molar-refractivity contribution in [2.45, 2.75) is 13.0 Å². The second-order valence-electron chi connectivity index (χ2n) is 5.68. The van der Waals surface area contributed by atoms with Gasteiger partial charge >= 0.3 is 0 Å². The first kappa shape index (κ1) is 15.5. The van der Waals surface area contributed by atoms with Gasteiger partial charge in [0.05, 0.1) is 21.3 Å². The van der Waals surface area contributed by atoms with Crippen molar-refractivity contribution >= 4 is 44.4 Å². The lowest BCUT2D eigenvalue weighted by molar-refractivity contribution is -0.119. The van der Waals surface area contributed by atoms with Gasteiger partial charge in [0.25, 0.3) is 11.8 Å². The molecular formula is C18H13N3O3S. The van der Waals surface area contributed by atoms with E-state index in [9.17, 15) is 14.4 Å². The van der Waals surface area contributed by atoms with E-state index < -0.39 is 23.8 Å². The molecular weight excluding hydrogens is 338 g/mol. The molecule has 2 heterocycles. The molecule has 1 aromatic heterocycles. The van der Waals surface area contributed by atoms with Crippen molar-refractivity contribution in [3.63, 3.8) is 0 Å². The molecule has 0 unspecified atom stereocenters. The fourth-order valence-electron chi connectivity index (χ4n) is 2.81. The number of nitrogens with one attached hydrogen (secondary N) is 1. The zero-order valence-electron chi connectivity index (χ0n) is 13.2. The second-order valence-corrected chi connectivity index (χ2v) is 6.71. The minimum atomic E-state index is -0.931. The third-order valence-electron chi connectivity index (χ3n) is 4.12. The Morgan fingerprint density at radius 2 is 1.64 bits per heavy atom. The summed E-state index contributed by atoms with van der Waals surface area (Å²) >= 11 is 1.34. The van der Waals surface area contributed by atoms with Crippen LogP contribution in [0.25, 0.3) is 10.2 Å². The van der Waals surface area contributed by atoms with Crippen LogP contribution in [0.2, 0.25) is 0 Å². The Balaban J connectivity index is 1.56. The van der Waals surface area contributed by atoms with E-state index in [1.807, 2.05) is 24.3 Å². The van der Waals surface area contributed by atoms with Crippen molar-refractivity contribution < 1.29 is 14.4 Å². The average molecular weight is 351 g/mol. The number of fused-ring (bicyclic) bond motifs is 2. The molecule has 0 fully saturated rings. The summed E-state index contributed by atoms with van der Waals surface area (Å²) in [6, 6.07) is 13.2. The molecule has 3 amide bonds. The van der Waals surface area contributed by atoms with Crippen LogP contribution >= 0.6 is 11.3 Å². The highest BCUT2D eigenvalue weighted by molar-refractivity contribution is 7.22. The zero-order valence-corrected chi connectivity index (χ0v) is 14.0. The van der Waals surface area contributed by atoms with Crippen molar-refractivity contribution in [1.29, 1.82) is 0 Å². The molecule has 0 spiro atoms. The predicted molar refractivity (Wildman–Crippen MR) is 94.7 cm³/mol. The van der Waals surface area contributed by atoms with Gasteiger partial charge in [-0.1, -0.05) is 35.6 Å². The number of rotatable bonds is 3. The van der Waals surface area contributed by atoms with E-state index in [4.69, 9.17) is 0 Å². The van der Waals surface area contributed by atoms with Gasteiger partial charge in [-0.3, -0.25) is 19.3 Å². The molecule has 2 aromatic carbocycles. The number of imide groups is 1. The summed E-state index contributed by atoms with van der Waals surface area (Å²) in [6.07, 6.45) is 0. The standard InChI is InChI=1S/C18H13N3O3S/c1-10(21-16(23)11-6-2-3-7-12(11)17(21)24)15(22)20-18-19-13-8-4-5-9-14(13)25-18/h2-10H,1H3,(H,19,20,22)/t10-/m1/s1. The molecule has 0 bridgehead atoms. The van der Waals surface area contributed by atoms with E-state index in [-0.39, 0.29) is 0 Å². The summed E-state index contributed by atoms with van der Waals surface area (Å²) in [4.78, 5) is 42.8. The van der Waals surface area contributed by atoms with E-state index in [0.29, 0.717) is 16.3 Å². The number of para-hydroxylation sites is 1. The van der Waals surface area contributed by atoms with Gasteiger partial charge < -0.3 is 5.32 Å². The summed E-state index contributed by atoms with van der Waals surface area (Å²) in [5.74, 6) is -1.35. The second kappa shape index (κ2) is 5.78.